The van der Waals surface area contributed by atoms with Crippen LogP contribution in [0.25, 0.3) is 22.5 Å². The van der Waals surface area contributed by atoms with E-state index in [1.165, 1.54) is 12.1 Å². The first-order chi connectivity index (χ1) is 11.1. The van der Waals surface area contributed by atoms with Crippen molar-refractivity contribution in [1.29, 1.82) is 0 Å². The Balaban J connectivity index is 2.18. The van der Waals surface area contributed by atoms with Gasteiger partial charge < -0.3 is 4.57 Å². The van der Waals surface area contributed by atoms with Gasteiger partial charge in [0.15, 0.2) is 11.6 Å². The molecule has 0 aliphatic heterocycles. The Morgan fingerprint density at radius 1 is 1.22 bits per heavy atom. The summed E-state index contributed by atoms with van der Waals surface area (Å²) in [4.78, 5) is 11.9. The summed E-state index contributed by atoms with van der Waals surface area (Å²) in [6.45, 7) is 0. The lowest BCUT2D eigenvalue weighted by Gasteiger charge is -2.10. The molecule has 1 heterocycles. The standard InChI is InChI=1S/C17H13BrFN3O/c1-22-10-20-21-17(22)15-8-13(19)5-6-14(15)11-3-2-4-12(7-11)16(23)9-18/h2-8,10H,9H2,1H3. The summed E-state index contributed by atoms with van der Waals surface area (Å²) < 4.78 is 15.5. The van der Waals surface area contributed by atoms with Gasteiger partial charge in [0.05, 0.1) is 5.33 Å². The number of halogens is 2. The second kappa shape index (κ2) is 6.42. The Bertz CT molecular complexity index is 876. The van der Waals surface area contributed by atoms with Gasteiger partial charge in [0, 0.05) is 18.2 Å². The van der Waals surface area contributed by atoms with E-state index in [0.29, 0.717) is 17.0 Å². The van der Waals surface area contributed by atoms with E-state index >= 15 is 0 Å². The number of Topliss-reactive ketones (excluding diaryl/α,β-unsaturated/α-hetero) is 1. The van der Waals surface area contributed by atoms with E-state index < -0.39 is 0 Å². The highest BCUT2D eigenvalue weighted by atomic mass is 79.9. The molecule has 0 saturated heterocycles. The first kappa shape index (κ1) is 15.6. The topological polar surface area (TPSA) is 47.8 Å². The highest BCUT2D eigenvalue weighted by molar-refractivity contribution is 9.09. The number of carbonyl (C=O) groups excluding carboxylic acids is 1. The second-order valence-corrected chi connectivity index (χ2v) is 5.65. The van der Waals surface area contributed by atoms with Crippen LogP contribution in [0, 0.1) is 5.82 Å². The SMILES string of the molecule is Cn1cnnc1-c1cc(F)ccc1-c1cccc(C(=O)CBr)c1. The largest absolute Gasteiger partial charge is 0.317 e. The predicted octanol–water partition coefficient (Wildman–Crippen LogP) is 3.87. The lowest BCUT2D eigenvalue weighted by Crippen LogP contribution is -2.00. The summed E-state index contributed by atoms with van der Waals surface area (Å²) in [5.74, 6) is 0.213. The van der Waals surface area contributed by atoms with Crippen molar-refractivity contribution >= 4 is 21.7 Å². The molecule has 6 heteroatoms. The molecule has 0 amide bonds. The van der Waals surface area contributed by atoms with Gasteiger partial charge in [-0.1, -0.05) is 40.2 Å². The van der Waals surface area contributed by atoms with Crippen LogP contribution in [-0.2, 0) is 7.05 Å². The first-order valence-corrected chi connectivity index (χ1v) is 8.06. The minimum atomic E-state index is -0.348. The number of ketones is 1. The fraction of sp³-hybridized carbons (Fsp3) is 0.118. The first-order valence-electron chi connectivity index (χ1n) is 6.93. The Hall–Kier alpha value is -2.34. The molecular weight excluding hydrogens is 361 g/mol. The molecule has 3 rings (SSSR count). The number of aryl methyl sites for hydroxylation is 1. The van der Waals surface area contributed by atoms with Crippen LogP contribution >= 0.6 is 15.9 Å². The maximum absolute atomic E-state index is 13.7. The Morgan fingerprint density at radius 2 is 2.04 bits per heavy atom. The minimum absolute atomic E-state index is 0.00540. The van der Waals surface area contributed by atoms with E-state index in [2.05, 4.69) is 26.1 Å². The maximum atomic E-state index is 13.7. The van der Waals surface area contributed by atoms with Gasteiger partial charge in [-0.3, -0.25) is 4.79 Å². The third kappa shape index (κ3) is 3.07. The van der Waals surface area contributed by atoms with Crippen molar-refractivity contribution in [3.63, 3.8) is 0 Å². The molecule has 0 atom stereocenters. The molecule has 23 heavy (non-hydrogen) atoms. The van der Waals surface area contributed by atoms with Crippen LogP contribution in [-0.4, -0.2) is 25.9 Å². The molecule has 2 aromatic carbocycles. The smallest absolute Gasteiger partial charge is 0.173 e. The molecule has 0 aliphatic carbocycles. The number of carbonyl (C=O) groups is 1. The third-order valence-electron chi connectivity index (χ3n) is 3.55. The van der Waals surface area contributed by atoms with Crippen LogP contribution in [0.1, 0.15) is 10.4 Å². The monoisotopic (exact) mass is 373 g/mol. The van der Waals surface area contributed by atoms with Gasteiger partial charge in [-0.2, -0.15) is 0 Å². The normalized spacial score (nSPS) is 10.7. The van der Waals surface area contributed by atoms with E-state index in [4.69, 9.17) is 0 Å². The number of rotatable bonds is 4. The van der Waals surface area contributed by atoms with E-state index in [1.54, 1.807) is 36.1 Å². The molecule has 1 aromatic heterocycles. The third-order valence-corrected chi connectivity index (χ3v) is 4.06. The van der Waals surface area contributed by atoms with Crippen molar-refractivity contribution in [2.24, 2.45) is 7.05 Å². The van der Waals surface area contributed by atoms with Crippen molar-refractivity contribution in [3.8, 4) is 22.5 Å². The van der Waals surface area contributed by atoms with Crippen LogP contribution < -0.4 is 0 Å². The summed E-state index contributed by atoms with van der Waals surface area (Å²) in [6.07, 6.45) is 1.56. The zero-order chi connectivity index (χ0) is 16.4. The van der Waals surface area contributed by atoms with Crippen molar-refractivity contribution in [2.75, 3.05) is 5.33 Å². The summed E-state index contributed by atoms with van der Waals surface area (Å²) in [5, 5.41) is 8.17. The van der Waals surface area contributed by atoms with Gasteiger partial charge in [0.1, 0.15) is 12.1 Å². The average Bonchev–Trinajstić information content (AvgIpc) is 3.00. The number of hydrogen-bond acceptors (Lipinski definition) is 3. The fourth-order valence-electron chi connectivity index (χ4n) is 2.42. The van der Waals surface area contributed by atoms with Gasteiger partial charge >= 0.3 is 0 Å². The van der Waals surface area contributed by atoms with E-state index in [0.717, 1.165) is 11.1 Å². The molecule has 0 saturated carbocycles. The maximum Gasteiger partial charge on any atom is 0.173 e. The van der Waals surface area contributed by atoms with Crippen molar-refractivity contribution in [3.05, 3.63) is 60.2 Å². The van der Waals surface area contributed by atoms with E-state index in [9.17, 15) is 9.18 Å². The van der Waals surface area contributed by atoms with Crippen molar-refractivity contribution in [1.82, 2.24) is 14.8 Å². The number of aromatic nitrogens is 3. The molecule has 0 radical (unpaired) electrons. The minimum Gasteiger partial charge on any atom is -0.317 e. The number of hydrogen-bond donors (Lipinski definition) is 0. The van der Waals surface area contributed by atoms with Crippen LogP contribution in [0.3, 0.4) is 0 Å². The van der Waals surface area contributed by atoms with Gasteiger partial charge in [-0.15, -0.1) is 10.2 Å². The number of alkyl halides is 1. The molecular formula is C17H13BrFN3O. The fourth-order valence-corrected chi connectivity index (χ4v) is 2.74. The lowest BCUT2D eigenvalue weighted by atomic mass is 9.96. The summed E-state index contributed by atoms with van der Waals surface area (Å²) in [7, 11) is 1.80. The number of nitrogens with zero attached hydrogens (tertiary/aromatic N) is 3. The van der Waals surface area contributed by atoms with Gasteiger partial charge in [-0.05, 0) is 29.3 Å². The lowest BCUT2D eigenvalue weighted by molar-refractivity contribution is 0.102. The molecule has 0 aliphatic rings. The van der Waals surface area contributed by atoms with E-state index in [1.807, 2.05) is 12.1 Å². The summed E-state index contributed by atoms with van der Waals surface area (Å²) in [5.41, 5.74) is 2.86. The predicted molar refractivity (Wildman–Crippen MR) is 90.0 cm³/mol. The second-order valence-electron chi connectivity index (χ2n) is 5.09. The van der Waals surface area contributed by atoms with Gasteiger partial charge in [0.2, 0.25) is 0 Å². The Labute approximate surface area is 141 Å². The zero-order valence-corrected chi connectivity index (χ0v) is 13.9. The molecule has 4 nitrogen and oxygen atoms in total. The van der Waals surface area contributed by atoms with Crippen LogP contribution in [0.4, 0.5) is 4.39 Å². The highest BCUT2D eigenvalue weighted by Gasteiger charge is 2.14. The molecule has 0 bridgehead atoms. The molecule has 0 N–H and O–H groups in total. The summed E-state index contributed by atoms with van der Waals surface area (Å²) in [6, 6.07) is 11.8. The van der Waals surface area contributed by atoms with Crippen LogP contribution in [0.2, 0.25) is 0 Å². The molecule has 116 valence electrons. The van der Waals surface area contributed by atoms with Crippen molar-refractivity contribution < 1.29 is 9.18 Å². The Kier molecular flexibility index (Phi) is 4.34. The molecule has 0 fully saturated rings. The van der Waals surface area contributed by atoms with Gasteiger partial charge in [-0.25, -0.2) is 4.39 Å². The van der Waals surface area contributed by atoms with Crippen molar-refractivity contribution in [2.45, 2.75) is 0 Å². The number of benzene rings is 2. The zero-order valence-electron chi connectivity index (χ0n) is 12.3. The summed E-state index contributed by atoms with van der Waals surface area (Å²) >= 11 is 3.18. The molecule has 3 aromatic rings. The van der Waals surface area contributed by atoms with E-state index in [-0.39, 0.29) is 16.9 Å². The van der Waals surface area contributed by atoms with Crippen LogP contribution in [0.5, 0.6) is 0 Å². The molecule has 0 spiro atoms. The molecule has 0 unspecified atom stereocenters. The van der Waals surface area contributed by atoms with Gasteiger partial charge in [0.25, 0.3) is 0 Å². The highest BCUT2D eigenvalue weighted by Crippen LogP contribution is 2.32. The van der Waals surface area contributed by atoms with Crippen LogP contribution in [0.15, 0.2) is 48.8 Å². The quantitative estimate of drug-likeness (QED) is 0.515. The average molecular weight is 374 g/mol. The Morgan fingerprint density at radius 3 is 2.74 bits per heavy atom.